The molecule has 24 heavy (non-hydrogen) atoms. The van der Waals surface area contributed by atoms with Crippen molar-refractivity contribution in [3.63, 3.8) is 0 Å². The third kappa shape index (κ3) is 5.25. The van der Waals surface area contributed by atoms with Crippen LogP contribution in [0.4, 0.5) is 0 Å². The van der Waals surface area contributed by atoms with Crippen LogP contribution in [0.15, 0.2) is 24.3 Å². The van der Waals surface area contributed by atoms with Gasteiger partial charge in [-0.3, -0.25) is 9.59 Å². The number of carbonyl (C=O) groups is 2. The lowest BCUT2D eigenvalue weighted by atomic mass is 9.97. The van der Waals surface area contributed by atoms with Crippen LogP contribution in [-0.2, 0) is 16.0 Å². The Balaban J connectivity index is 1.84. The van der Waals surface area contributed by atoms with Crippen LogP contribution in [-0.4, -0.2) is 43.5 Å². The zero-order chi connectivity index (χ0) is 17.5. The second-order valence-corrected chi connectivity index (χ2v) is 6.77. The van der Waals surface area contributed by atoms with E-state index in [2.05, 4.69) is 5.32 Å². The maximum atomic E-state index is 12.5. The van der Waals surface area contributed by atoms with Crippen LogP contribution in [0.5, 0.6) is 5.75 Å². The first-order valence-electron chi connectivity index (χ1n) is 8.68. The molecule has 1 heterocycles. The smallest absolute Gasteiger partial charge is 0.226 e. The average molecular weight is 332 g/mol. The molecule has 0 bridgehead atoms. The van der Waals surface area contributed by atoms with Gasteiger partial charge in [0.2, 0.25) is 11.8 Å². The summed E-state index contributed by atoms with van der Waals surface area (Å²) < 4.78 is 5.14. The topological polar surface area (TPSA) is 58.6 Å². The van der Waals surface area contributed by atoms with Crippen LogP contribution in [0.25, 0.3) is 0 Å². The number of methoxy groups -OCH3 is 1. The number of benzene rings is 1. The Morgan fingerprint density at radius 3 is 2.62 bits per heavy atom. The van der Waals surface area contributed by atoms with Gasteiger partial charge in [-0.1, -0.05) is 26.0 Å². The van der Waals surface area contributed by atoms with Gasteiger partial charge in [-0.25, -0.2) is 0 Å². The lowest BCUT2D eigenvalue weighted by Crippen LogP contribution is -2.44. The highest BCUT2D eigenvalue weighted by atomic mass is 16.5. The van der Waals surface area contributed by atoms with Crippen LogP contribution in [0, 0.1) is 11.8 Å². The molecule has 132 valence electrons. The summed E-state index contributed by atoms with van der Waals surface area (Å²) in [6.45, 7) is 5.97. The molecular weight excluding hydrogens is 304 g/mol. The van der Waals surface area contributed by atoms with Gasteiger partial charge in [-0.2, -0.15) is 0 Å². The highest BCUT2D eigenvalue weighted by Gasteiger charge is 2.24. The van der Waals surface area contributed by atoms with E-state index in [-0.39, 0.29) is 17.7 Å². The molecule has 2 rings (SSSR count). The molecule has 1 unspecified atom stereocenters. The Bertz CT molecular complexity index is 554. The number of carbonyl (C=O) groups excluding carboxylic acids is 2. The Morgan fingerprint density at radius 1 is 1.29 bits per heavy atom. The summed E-state index contributed by atoms with van der Waals surface area (Å²) >= 11 is 0. The molecule has 0 spiro atoms. The molecule has 1 aromatic carbocycles. The molecular formula is C19H28N2O3. The average Bonchev–Trinajstić information content (AvgIpc) is 2.60. The van der Waals surface area contributed by atoms with Crippen molar-refractivity contribution >= 4 is 11.8 Å². The predicted molar refractivity (Wildman–Crippen MR) is 93.8 cm³/mol. The van der Waals surface area contributed by atoms with Gasteiger partial charge in [-0.15, -0.1) is 0 Å². The molecule has 0 radical (unpaired) electrons. The monoisotopic (exact) mass is 332 g/mol. The lowest BCUT2D eigenvalue weighted by molar-refractivity contribution is -0.132. The van der Waals surface area contributed by atoms with Gasteiger partial charge < -0.3 is 15.0 Å². The van der Waals surface area contributed by atoms with Crippen molar-refractivity contribution in [3.8, 4) is 5.75 Å². The van der Waals surface area contributed by atoms with E-state index in [1.165, 1.54) is 0 Å². The molecule has 1 N–H and O–H groups in total. The minimum Gasteiger partial charge on any atom is -0.497 e. The number of amides is 2. The van der Waals surface area contributed by atoms with Crippen molar-refractivity contribution in [2.45, 2.75) is 33.1 Å². The first-order valence-corrected chi connectivity index (χ1v) is 8.68. The van der Waals surface area contributed by atoms with Gasteiger partial charge in [0.25, 0.3) is 0 Å². The van der Waals surface area contributed by atoms with E-state index in [1.54, 1.807) is 7.11 Å². The van der Waals surface area contributed by atoms with Crippen molar-refractivity contribution in [3.05, 3.63) is 29.8 Å². The van der Waals surface area contributed by atoms with Gasteiger partial charge in [0.1, 0.15) is 5.75 Å². The predicted octanol–water partition coefficient (Wildman–Crippen LogP) is 2.25. The van der Waals surface area contributed by atoms with Crippen molar-refractivity contribution < 1.29 is 14.3 Å². The normalized spacial score (nSPS) is 17.7. The summed E-state index contributed by atoms with van der Waals surface area (Å²) in [5, 5.41) is 2.98. The molecule has 1 atom stereocenters. The fourth-order valence-corrected chi connectivity index (χ4v) is 2.94. The van der Waals surface area contributed by atoms with E-state index in [1.807, 2.05) is 43.0 Å². The molecule has 0 saturated carbocycles. The third-order valence-electron chi connectivity index (χ3n) is 4.48. The van der Waals surface area contributed by atoms with Crippen LogP contribution < -0.4 is 10.1 Å². The molecule has 0 aliphatic carbocycles. The largest absolute Gasteiger partial charge is 0.497 e. The van der Waals surface area contributed by atoms with E-state index < -0.39 is 0 Å². The van der Waals surface area contributed by atoms with Crippen molar-refractivity contribution in [1.29, 1.82) is 0 Å². The van der Waals surface area contributed by atoms with Crippen molar-refractivity contribution in [2.24, 2.45) is 11.8 Å². The summed E-state index contributed by atoms with van der Waals surface area (Å²) in [7, 11) is 1.63. The second-order valence-electron chi connectivity index (χ2n) is 6.77. The van der Waals surface area contributed by atoms with Crippen LogP contribution in [0.3, 0.4) is 0 Å². The Labute approximate surface area is 144 Å². The van der Waals surface area contributed by atoms with E-state index in [9.17, 15) is 9.59 Å². The SMILES string of the molecule is COc1ccc(CC(=O)N2CCCC(CNC(=O)C(C)C)C2)cc1. The number of likely N-dealkylation sites (tertiary alicyclic amines) is 1. The first-order chi connectivity index (χ1) is 11.5. The molecule has 0 aromatic heterocycles. The van der Waals surface area contributed by atoms with Gasteiger partial charge >= 0.3 is 0 Å². The molecule has 5 nitrogen and oxygen atoms in total. The molecule has 1 aromatic rings. The number of rotatable bonds is 6. The van der Waals surface area contributed by atoms with Crippen LogP contribution >= 0.6 is 0 Å². The number of ether oxygens (including phenoxy) is 1. The molecule has 1 saturated heterocycles. The van der Waals surface area contributed by atoms with E-state index in [0.717, 1.165) is 37.2 Å². The zero-order valence-corrected chi connectivity index (χ0v) is 14.9. The van der Waals surface area contributed by atoms with E-state index in [0.29, 0.717) is 18.9 Å². The molecule has 1 aliphatic rings. The fraction of sp³-hybridized carbons (Fsp3) is 0.579. The Morgan fingerprint density at radius 2 is 2.00 bits per heavy atom. The minimum absolute atomic E-state index is 0.00129. The van der Waals surface area contributed by atoms with Gasteiger partial charge in [0.15, 0.2) is 0 Å². The maximum absolute atomic E-state index is 12.5. The van der Waals surface area contributed by atoms with Gasteiger partial charge in [-0.05, 0) is 36.5 Å². The van der Waals surface area contributed by atoms with Crippen LogP contribution in [0.2, 0.25) is 0 Å². The van der Waals surface area contributed by atoms with Gasteiger partial charge in [0, 0.05) is 25.6 Å². The third-order valence-corrected chi connectivity index (χ3v) is 4.48. The van der Waals surface area contributed by atoms with Crippen molar-refractivity contribution in [2.75, 3.05) is 26.7 Å². The standard InChI is InChI=1S/C19H28N2O3/c1-14(2)19(23)20-12-16-5-4-10-21(13-16)18(22)11-15-6-8-17(24-3)9-7-15/h6-9,14,16H,4-5,10-13H2,1-3H3,(H,20,23). The van der Waals surface area contributed by atoms with E-state index in [4.69, 9.17) is 4.74 Å². The second kappa shape index (κ2) is 8.71. The zero-order valence-electron chi connectivity index (χ0n) is 14.9. The summed E-state index contributed by atoms with van der Waals surface area (Å²) in [6.07, 6.45) is 2.47. The quantitative estimate of drug-likeness (QED) is 0.869. The molecule has 1 fully saturated rings. The molecule has 5 heteroatoms. The summed E-state index contributed by atoms with van der Waals surface area (Å²) in [5.74, 6) is 1.38. The number of hydrogen-bond acceptors (Lipinski definition) is 3. The molecule has 1 aliphatic heterocycles. The number of hydrogen-bond donors (Lipinski definition) is 1. The Kier molecular flexibility index (Phi) is 6.64. The maximum Gasteiger partial charge on any atom is 0.226 e. The summed E-state index contributed by atoms with van der Waals surface area (Å²) in [4.78, 5) is 26.1. The highest BCUT2D eigenvalue weighted by molar-refractivity contribution is 5.79. The lowest BCUT2D eigenvalue weighted by Gasteiger charge is -2.33. The summed E-state index contributed by atoms with van der Waals surface area (Å²) in [6, 6.07) is 7.62. The van der Waals surface area contributed by atoms with E-state index >= 15 is 0 Å². The van der Waals surface area contributed by atoms with Crippen molar-refractivity contribution in [1.82, 2.24) is 10.2 Å². The number of nitrogens with one attached hydrogen (secondary N) is 1. The Hall–Kier alpha value is -2.04. The number of piperidine rings is 1. The number of nitrogens with zero attached hydrogens (tertiary/aromatic N) is 1. The van der Waals surface area contributed by atoms with Gasteiger partial charge in [0.05, 0.1) is 13.5 Å². The summed E-state index contributed by atoms with van der Waals surface area (Å²) in [5.41, 5.74) is 0.996. The first kappa shape index (κ1) is 18.3. The molecule has 2 amide bonds. The van der Waals surface area contributed by atoms with Crippen LogP contribution in [0.1, 0.15) is 32.3 Å². The minimum atomic E-state index is 0.00129. The highest BCUT2D eigenvalue weighted by Crippen LogP contribution is 2.18. The fourth-order valence-electron chi connectivity index (χ4n) is 2.94.